The van der Waals surface area contributed by atoms with Gasteiger partial charge in [0.1, 0.15) is 11.4 Å². The highest BCUT2D eigenvalue weighted by molar-refractivity contribution is 5.92. The number of nitrogens with zero attached hydrogens (tertiary/aromatic N) is 3. The van der Waals surface area contributed by atoms with Gasteiger partial charge >= 0.3 is 0 Å². The van der Waals surface area contributed by atoms with Crippen LogP contribution in [0.25, 0.3) is 0 Å². The van der Waals surface area contributed by atoms with Gasteiger partial charge in [-0.3, -0.25) is 4.79 Å². The lowest BCUT2D eigenvalue weighted by Crippen LogP contribution is -2.27. The van der Waals surface area contributed by atoms with Crippen LogP contribution in [0.5, 0.6) is 5.75 Å². The number of ether oxygens (including phenoxy) is 1. The van der Waals surface area contributed by atoms with Gasteiger partial charge in [-0.15, -0.1) is 0 Å². The normalized spacial score (nSPS) is 10.7. The van der Waals surface area contributed by atoms with Crippen LogP contribution in [0.15, 0.2) is 60.7 Å². The molecule has 0 unspecified atom stereocenters. The fraction of sp³-hybridized carbons (Fsp3) is 0.261. The van der Waals surface area contributed by atoms with Crippen LogP contribution in [-0.2, 0) is 6.54 Å². The van der Waals surface area contributed by atoms with Gasteiger partial charge < -0.3 is 15.0 Å². The van der Waals surface area contributed by atoms with E-state index < -0.39 is 0 Å². The molecule has 0 saturated heterocycles. The number of aromatic nitrogens is 2. The number of amides is 1. The summed E-state index contributed by atoms with van der Waals surface area (Å²) >= 11 is 0. The molecule has 0 aliphatic heterocycles. The molecule has 1 aromatic heterocycles. The van der Waals surface area contributed by atoms with Gasteiger partial charge in [0.15, 0.2) is 0 Å². The lowest BCUT2D eigenvalue weighted by Gasteiger charge is -2.17. The third-order valence-corrected chi connectivity index (χ3v) is 4.16. The Kier molecular flexibility index (Phi) is 6.44. The summed E-state index contributed by atoms with van der Waals surface area (Å²) < 4.78 is 5.66. The summed E-state index contributed by atoms with van der Waals surface area (Å²) in [6.45, 7) is 6.34. The predicted molar refractivity (Wildman–Crippen MR) is 114 cm³/mol. The lowest BCUT2D eigenvalue weighted by atomic mass is 10.2. The van der Waals surface area contributed by atoms with Crippen molar-refractivity contribution < 1.29 is 9.53 Å². The molecule has 0 bridgehead atoms. The number of anilines is 2. The molecule has 2 aromatic carbocycles. The van der Waals surface area contributed by atoms with Gasteiger partial charge in [0, 0.05) is 25.0 Å². The van der Waals surface area contributed by atoms with Crippen LogP contribution in [0.3, 0.4) is 0 Å². The molecule has 150 valence electrons. The zero-order valence-corrected chi connectivity index (χ0v) is 17.2. The van der Waals surface area contributed by atoms with Gasteiger partial charge in [-0.25, -0.2) is 9.97 Å². The predicted octanol–water partition coefficient (Wildman–Crippen LogP) is 4.59. The molecule has 1 N–H and O–H groups in total. The van der Waals surface area contributed by atoms with Crippen molar-refractivity contribution >= 4 is 17.5 Å². The summed E-state index contributed by atoms with van der Waals surface area (Å²) in [4.78, 5) is 23.3. The fourth-order valence-electron chi connectivity index (χ4n) is 2.88. The first-order chi connectivity index (χ1) is 13.9. The topological polar surface area (TPSA) is 67.4 Å². The van der Waals surface area contributed by atoms with E-state index in [4.69, 9.17) is 4.74 Å². The fourth-order valence-corrected chi connectivity index (χ4v) is 2.88. The van der Waals surface area contributed by atoms with Crippen molar-refractivity contribution in [1.29, 1.82) is 0 Å². The summed E-state index contributed by atoms with van der Waals surface area (Å²) in [5, 5.41) is 3.16. The van der Waals surface area contributed by atoms with Gasteiger partial charge in [0.25, 0.3) is 5.91 Å². The van der Waals surface area contributed by atoms with Crippen molar-refractivity contribution in [2.75, 3.05) is 12.4 Å². The first-order valence-electron chi connectivity index (χ1n) is 9.59. The number of hydrogen-bond acceptors (Lipinski definition) is 5. The number of carbonyl (C=O) groups is 1. The average molecular weight is 390 g/mol. The number of carbonyl (C=O) groups excluding carboxylic acids is 1. The molecule has 0 aliphatic carbocycles. The minimum atomic E-state index is -0.150. The molecule has 3 rings (SSSR count). The van der Waals surface area contributed by atoms with E-state index >= 15 is 0 Å². The number of aryl methyl sites for hydroxylation is 1. The molecular weight excluding hydrogens is 364 g/mol. The zero-order valence-electron chi connectivity index (χ0n) is 17.2. The quantitative estimate of drug-likeness (QED) is 0.639. The van der Waals surface area contributed by atoms with E-state index in [1.165, 1.54) is 0 Å². The van der Waals surface area contributed by atoms with E-state index in [1.54, 1.807) is 18.0 Å². The van der Waals surface area contributed by atoms with E-state index in [9.17, 15) is 4.79 Å². The highest BCUT2D eigenvalue weighted by atomic mass is 16.5. The molecule has 0 atom stereocenters. The first-order valence-corrected chi connectivity index (χ1v) is 9.59. The average Bonchev–Trinajstić information content (AvgIpc) is 2.69. The summed E-state index contributed by atoms with van der Waals surface area (Å²) in [5.74, 6) is 1.04. The molecule has 29 heavy (non-hydrogen) atoms. The van der Waals surface area contributed by atoms with Crippen LogP contribution in [0.2, 0.25) is 0 Å². The van der Waals surface area contributed by atoms with Crippen LogP contribution >= 0.6 is 0 Å². The van der Waals surface area contributed by atoms with Crippen LogP contribution in [0.1, 0.15) is 35.6 Å². The molecule has 0 fully saturated rings. The van der Waals surface area contributed by atoms with Gasteiger partial charge in [0.05, 0.1) is 6.10 Å². The number of hydrogen-bond donors (Lipinski definition) is 1. The summed E-state index contributed by atoms with van der Waals surface area (Å²) in [6.07, 6.45) is 0.121. The smallest absolute Gasteiger partial charge is 0.272 e. The second-order valence-electron chi connectivity index (χ2n) is 7.18. The minimum Gasteiger partial charge on any atom is -0.491 e. The summed E-state index contributed by atoms with van der Waals surface area (Å²) in [5.41, 5.74) is 2.97. The van der Waals surface area contributed by atoms with Crippen molar-refractivity contribution in [1.82, 2.24) is 14.9 Å². The van der Waals surface area contributed by atoms with Crippen molar-refractivity contribution in [3.8, 4) is 5.75 Å². The molecule has 1 amide bonds. The molecular formula is C23H26N4O2. The monoisotopic (exact) mass is 390 g/mol. The van der Waals surface area contributed by atoms with E-state index in [1.807, 2.05) is 75.4 Å². The third-order valence-electron chi connectivity index (χ3n) is 4.16. The van der Waals surface area contributed by atoms with Gasteiger partial charge in [-0.1, -0.05) is 30.3 Å². The van der Waals surface area contributed by atoms with E-state index in [-0.39, 0.29) is 12.0 Å². The van der Waals surface area contributed by atoms with E-state index in [0.29, 0.717) is 18.2 Å². The van der Waals surface area contributed by atoms with Gasteiger partial charge in [0.2, 0.25) is 5.95 Å². The van der Waals surface area contributed by atoms with E-state index in [0.717, 1.165) is 22.7 Å². The van der Waals surface area contributed by atoms with E-state index in [2.05, 4.69) is 15.3 Å². The Bertz CT molecular complexity index is 956. The maximum absolute atomic E-state index is 12.8. The Balaban J connectivity index is 1.72. The minimum absolute atomic E-state index is 0.121. The molecule has 0 spiro atoms. The summed E-state index contributed by atoms with van der Waals surface area (Å²) in [6, 6.07) is 19.1. The number of rotatable bonds is 7. The second kappa shape index (κ2) is 9.19. The zero-order chi connectivity index (χ0) is 20.8. The Morgan fingerprint density at radius 1 is 1.07 bits per heavy atom. The maximum atomic E-state index is 12.8. The highest BCUT2D eigenvalue weighted by Crippen LogP contribution is 2.20. The Morgan fingerprint density at radius 2 is 1.76 bits per heavy atom. The molecule has 3 aromatic rings. The van der Waals surface area contributed by atoms with Crippen molar-refractivity contribution in [2.45, 2.75) is 33.4 Å². The number of benzene rings is 2. The Morgan fingerprint density at radius 3 is 2.41 bits per heavy atom. The molecule has 0 saturated carbocycles. The van der Waals surface area contributed by atoms with Crippen LogP contribution < -0.4 is 10.1 Å². The summed E-state index contributed by atoms with van der Waals surface area (Å²) in [7, 11) is 1.77. The molecule has 6 nitrogen and oxygen atoms in total. The third kappa shape index (κ3) is 5.78. The molecule has 1 heterocycles. The van der Waals surface area contributed by atoms with Gasteiger partial charge in [-0.2, -0.15) is 0 Å². The van der Waals surface area contributed by atoms with Crippen LogP contribution in [0, 0.1) is 6.92 Å². The standard InChI is InChI=1S/C23H26N4O2/c1-16(2)29-20-12-10-19(11-13-20)25-23-24-17(3)14-21(26-23)22(28)27(4)15-18-8-6-5-7-9-18/h5-14,16H,15H2,1-4H3,(H,24,25,26). The Labute approximate surface area is 171 Å². The molecule has 6 heteroatoms. The van der Waals surface area contributed by atoms with Crippen LogP contribution in [-0.4, -0.2) is 33.9 Å². The molecule has 0 aliphatic rings. The van der Waals surface area contributed by atoms with Crippen LogP contribution in [0.4, 0.5) is 11.6 Å². The number of nitrogens with one attached hydrogen (secondary N) is 1. The van der Waals surface area contributed by atoms with Crippen molar-refractivity contribution in [3.63, 3.8) is 0 Å². The van der Waals surface area contributed by atoms with Crippen molar-refractivity contribution in [2.24, 2.45) is 0 Å². The lowest BCUT2D eigenvalue weighted by molar-refractivity contribution is 0.0779. The first kappa shape index (κ1) is 20.3. The molecule has 0 radical (unpaired) electrons. The van der Waals surface area contributed by atoms with Gasteiger partial charge in [-0.05, 0) is 56.7 Å². The van der Waals surface area contributed by atoms with Crippen molar-refractivity contribution in [3.05, 3.63) is 77.6 Å². The highest BCUT2D eigenvalue weighted by Gasteiger charge is 2.16. The second-order valence-corrected chi connectivity index (χ2v) is 7.18. The largest absolute Gasteiger partial charge is 0.491 e. The SMILES string of the molecule is Cc1cc(C(=O)N(C)Cc2ccccc2)nc(Nc2ccc(OC(C)C)cc2)n1. The maximum Gasteiger partial charge on any atom is 0.272 e. The Hall–Kier alpha value is -3.41.